The Morgan fingerprint density at radius 2 is 2.00 bits per heavy atom. The largest absolute Gasteiger partial charge is 0.508 e. The Bertz CT molecular complexity index is 396. The first-order valence-electron chi connectivity index (χ1n) is 5.48. The summed E-state index contributed by atoms with van der Waals surface area (Å²) >= 11 is 0. The third kappa shape index (κ3) is 4.01. The fourth-order valence-corrected chi connectivity index (χ4v) is 1.41. The standard InChI is InChI=1S/C13H18N2O2/c1-9(14)13(17)12(15-2)8-5-10-3-6-11(16)7-4-10/h3-9,12,15-16H,14H2,1-2H3/b8-5+/t9-,12?/m0/s1. The molecule has 0 aromatic heterocycles. The Hall–Kier alpha value is -1.65. The molecule has 1 aromatic rings. The van der Waals surface area contributed by atoms with Crippen LogP contribution in [0.2, 0.25) is 0 Å². The Morgan fingerprint density at radius 3 is 2.47 bits per heavy atom. The number of Topliss-reactive ketones (excluding diaryl/α,β-unsaturated/α-hetero) is 1. The minimum Gasteiger partial charge on any atom is -0.508 e. The third-order valence-corrected chi connectivity index (χ3v) is 2.44. The summed E-state index contributed by atoms with van der Waals surface area (Å²) in [5.74, 6) is 0.168. The summed E-state index contributed by atoms with van der Waals surface area (Å²) in [4.78, 5) is 11.7. The molecule has 1 rings (SSSR count). The smallest absolute Gasteiger partial charge is 0.169 e. The van der Waals surface area contributed by atoms with Crippen LogP contribution < -0.4 is 11.1 Å². The normalized spacial score (nSPS) is 14.8. The van der Waals surface area contributed by atoms with Crippen LogP contribution in [0.4, 0.5) is 0 Å². The quantitative estimate of drug-likeness (QED) is 0.708. The predicted octanol–water partition coefficient (Wildman–Crippen LogP) is 0.910. The van der Waals surface area contributed by atoms with Gasteiger partial charge in [0.15, 0.2) is 5.78 Å². The van der Waals surface area contributed by atoms with Gasteiger partial charge in [-0.2, -0.15) is 0 Å². The maximum atomic E-state index is 11.7. The lowest BCUT2D eigenvalue weighted by molar-refractivity contribution is -0.120. The van der Waals surface area contributed by atoms with E-state index >= 15 is 0 Å². The van der Waals surface area contributed by atoms with E-state index in [-0.39, 0.29) is 17.6 Å². The molecule has 1 aromatic carbocycles. The van der Waals surface area contributed by atoms with Crippen LogP contribution >= 0.6 is 0 Å². The molecule has 0 spiro atoms. The van der Waals surface area contributed by atoms with Crippen molar-refractivity contribution in [3.8, 4) is 5.75 Å². The van der Waals surface area contributed by atoms with E-state index in [2.05, 4.69) is 5.32 Å². The second kappa shape index (κ2) is 6.18. The van der Waals surface area contributed by atoms with Gasteiger partial charge in [0.2, 0.25) is 0 Å². The van der Waals surface area contributed by atoms with Gasteiger partial charge in [0, 0.05) is 0 Å². The number of phenols is 1. The average Bonchev–Trinajstić information content (AvgIpc) is 2.31. The van der Waals surface area contributed by atoms with Crippen LogP contribution in [0.1, 0.15) is 12.5 Å². The highest BCUT2D eigenvalue weighted by atomic mass is 16.3. The monoisotopic (exact) mass is 234 g/mol. The van der Waals surface area contributed by atoms with Crippen LogP contribution in [0.5, 0.6) is 5.75 Å². The van der Waals surface area contributed by atoms with Crippen LogP contribution in [0.15, 0.2) is 30.3 Å². The molecule has 17 heavy (non-hydrogen) atoms. The van der Waals surface area contributed by atoms with Gasteiger partial charge in [-0.25, -0.2) is 0 Å². The molecule has 0 fully saturated rings. The van der Waals surface area contributed by atoms with E-state index in [0.717, 1.165) is 5.56 Å². The molecule has 92 valence electrons. The molecule has 0 aliphatic heterocycles. The number of ketones is 1. The highest BCUT2D eigenvalue weighted by molar-refractivity contribution is 5.90. The van der Waals surface area contributed by atoms with Crippen molar-refractivity contribution < 1.29 is 9.90 Å². The lowest BCUT2D eigenvalue weighted by Crippen LogP contribution is -2.42. The lowest BCUT2D eigenvalue weighted by Gasteiger charge is -2.12. The second-order valence-corrected chi connectivity index (χ2v) is 3.91. The minimum absolute atomic E-state index is 0.0532. The fourth-order valence-electron chi connectivity index (χ4n) is 1.41. The average molecular weight is 234 g/mol. The van der Waals surface area contributed by atoms with Crippen LogP contribution in [0.3, 0.4) is 0 Å². The molecule has 0 aliphatic carbocycles. The Balaban J connectivity index is 2.74. The summed E-state index contributed by atoms with van der Waals surface area (Å²) in [7, 11) is 1.71. The van der Waals surface area contributed by atoms with Crippen LogP contribution in [0, 0.1) is 0 Å². The van der Waals surface area contributed by atoms with Gasteiger partial charge < -0.3 is 16.2 Å². The number of carbonyl (C=O) groups excluding carboxylic acids is 1. The molecular weight excluding hydrogens is 216 g/mol. The molecule has 2 atom stereocenters. The van der Waals surface area contributed by atoms with Gasteiger partial charge in [0.05, 0.1) is 12.1 Å². The number of nitrogens with two attached hydrogens (primary N) is 1. The topological polar surface area (TPSA) is 75.3 Å². The van der Waals surface area contributed by atoms with Gasteiger partial charge in [-0.3, -0.25) is 4.79 Å². The first kappa shape index (κ1) is 13.4. The van der Waals surface area contributed by atoms with Gasteiger partial charge in [-0.15, -0.1) is 0 Å². The van der Waals surface area contributed by atoms with Crippen molar-refractivity contribution in [3.63, 3.8) is 0 Å². The van der Waals surface area contributed by atoms with E-state index in [0.29, 0.717) is 0 Å². The molecular formula is C13H18N2O2. The first-order valence-corrected chi connectivity index (χ1v) is 5.48. The summed E-state index contributed by atoms with van der Waals surface area (Å²) in [6, 6.07) is 5.87. The fraction of sp³-hybridized carbons (Fsp3) is 0.308. The van der Waals surface area contributed by atoms with Crippen LogP contribution in [-0.2, 0) is 4.79 Å². The zero-order valence-electron chi connectivity index (χ0n) is 10.1. The molecule has 0 radical (unpaired) electrons. The summed E-state index contributed by atoms with van der Waals surface area (Å²) in [6.45, 7) is 1.67. The number of nitrogens with one attached hydrogen (secondary N) is 1. The van der Waals surface area contributed by atoms with E-state index < -0.39 is 6.04 Å². The molecule has 1 unspecified atom stereocenters. The Labute approximate surface area is 101 Å². The van der Waals surface area contributed by atoms with Crippen molar-refractivity contribution in [1.29, 1.82) is 0 Å². The maximum Gasteiger partial charge on any atom is 0.169 e. The first-order chi connectivity index (χ1) is 8.04. The Kier molecular flexibility index (Phi) is 4.87. The molecule has 0 saturated heterocycles. The molecule has 0 saturated carbocycles. The summed E-state index contributed by atoms with van der Waals surface area (Å²) in [5, 5.41) is 12.0. The number of rotatable bonds is 5. The van der Waals surface area contributed by atoms with Crippen LogP contribution in [-0.4, -0.2) is 30.0 Å². The van der Waals surface area contributed by atoms with E-state index in [1.165, 1.54) is 0 Å². The van der Waals surface area contributed by atoms with Crippen molar-refractivity contribution in [2.75, 3.05) is 7.05 Å². The van der Waals surface area contributed by atoms with E-state index in [1.54, 1.807) is 44.3 Å². The van der Waals surface area contributed by atoms with E-state index in [4.69, 9.17) is 10.8 Å². The summed E-state index contributed by atoms with van der Waals surface area (Å²) < 4.78 is 0. The summed E-state index contributed by atoms with van der Waals surface area (Å²) in [6.07, 6.45) is 3.58. The van der Waals surface area contributed by atoms with Gasteiger partial charge in [-0.05, 0) is 31.7 Å². The highest BCUT2D eigenvalue weighted by Crippen LogP contribution is 2.11. The Morgan fingerprint density at radius 1 is 1.41 bits per heavy atom. The number of aromatic hydroxyl groups is 1. The van der Waals surface area contributed by atoms with E-state index in [1.807, 2.05) is 6.08 Å². The lowest BCUT2D eigenvalue weighted by atomic mass is 10.1. The van der Waals surface area contributed by atoms with Crippen LogP contribution in [0.25, 0.3) is 6.08 Å². The van der Waals surface area contributed by atoms with Gasteiger partial charge in [0.25, 0.3) is 0 Å². The van der Waals surface area contributed by atoms with Crippen molar-refractivity contribution in [2.45, 2.75) is 19.0 Å². The molecule has 0 bridgehead atoms. The van der Waals surface area contributed by atoms with E-state index in [9.17, 15) is 4.79 Å². The molecule has 4 N–H and O–H groups in total. The molecule has 0 heterocycles. The number of hydrogen-bond acceptors (Lipinski definition) is 4. The third-order valence-electron chi connectivity index (χ3n) is 2.44. The molecule has 0 aliphatic rings. The number of likely N-dealkylation sites (N-methyl/N-ethyl adjacent to an activating group) is 1. The van der Waals surface area contributed by atoms with Crippen molar-refractivity contribution >= 4 is 11.9 Å². The van der Waals surface area contributed by atoms with Crippen molar-refractivity contribution in [3.05, 3.63) is 35.9 Å². The number of carbonyl (C=O) groups is 1. The van der Waals surface area contributed by atoms with Crippen molar-refractivity contribution in [1.82, 2.24) is 5.32 Å². The second-order valence-electron chi connectivity index (χ2n) is 3.91. The van der Waals surface area contributed by atoms with Gasteiger partial charge >= 0.3 is 0 Å². The zero-order chi connectivity index (χ0) is 12.8. The zero-order valence-corrected chi connectivity index (χ0v) is 10.1. The maximum absolute atomic E-state index is 11.7. The number of phenolic OH excluding ortho intramolecular Hbond substituents is 1. The SMILES string of the molecule is CNC(/C=C/c1ccc(O)cc1)C(=O)[C@H](C)N. The minimum atomic E-state index is -0.489. The van der Waals surface area contributed by atoms with Gasteiger partial charge in [-0.1, -0.05) is 24.3 Å². The molecule has 4 heteroatoms. The number of hydrogen-bond donors (Lipinski definition) is 3. The predicted molar refractivity (Wildman–Crippen MR) is 68.6 cm³/mol. The van der Waals surface area contributed by atoms with Gasteiger partial charge in [0.1, 0.15) is 5.75 Å². The number of benzene rings is 1. The van der Waals surface area contributed by atoms with Crippen molar-refractivity contribution in [2.24, 2.45) is 5.73 Å². The molecule has 4 nitrogen and oxygen atoms in total. The summed E-state index contributed by atoms with van der Waals surface area (Å²) in [5.41, 5.74) is 6.46. The highest BCUT2D eigenvalue weighted by Gasteiger charge is 2.16. The molecule has 0 amide bonds.